The third-order valence-corrected chi connectivity index (χ3v) is 4.76. The van der Waals surface area contributed by atoms with Gasteiger partial charge in [-0.15, -0.1) is 0 Å². The van der Waals surface area contributed by atoms with Crippen molar-refractivity contribution in [3.8, 4) is 0 Å². The molecule has 1 atom stereocenters. The number of aromatic nitrogens is 2. The Labute approximate surface area is 108 Å². The zero-order valence-electron chi connectivity index (χ0n) is 8.90. The Morgan fingerprint density at radius 1 is 1.50 bits per heavy atom. The standard InChI is InChI=1S/C12H13BrN2S/c13-10-1-2-11-6-14-12(15(11)7-10)5-9-3-4-16-8-9/h1-2,6-7,9H,3-5,8H2. The first-order valence-corrected chi connectivity index (χ1v) is 7.47. The molecule has 1 saturated heterocycles. The number of hydrogen-bond donors (Lipinski definition) is 0. The van der Waals surface area contributed by atoms with E-state index in [1.54, 1.807) is 0 Å². The summed E-state index contributed by atoms with van der Waals surface area (Å²) < 4.78 is 3.31. The smallest absolute Gasteiger partial charge is 0.113 e. The second-order valence-electron chi connectivity index (χ2n) is 4.25. The van der Waals surface area contributed by atoms with Crippen LogP contribution in [0.5, 0.6) is 0 Å². The number of pyridine rings is 1. The number of rotatable bonds is 2. The molecule has 1 unspecified atom stereocenters. The Balaban J connectivity index is 1.93. The summed E-state index contributed by atoms with van der Waals surface area (Å²) >= 11 is 5.58. The van der Waals surface area contributed by atoms with Gasteiger partial charge in [0.1, 0.15) is 5.82 Å². The molecule has 0 aliphatic carbocycles. The van der Waals surface area contributed by atoms with Crippen LogP contribution in [0, 0.1) is 5.92 Å². The van der Waals surface area contributed by atoms with Gasteiger partial charge in [0.2, 0.25) is 0 Å². The lowest BCUT2D eigenvalue weighted by molar-refractivity contribution is 0.574. The Hall–Kier alpha value is -0.480. The molecule has 0 saturated carbocycles. The van der Waals surface area contributed by atoms with Gasteiger partial charge < -0.3 is 4.40 Å². The van der Waals surface area contributed by atoms with Crippen LogP contribution in [0.3, 0.4) is 0 Å². The van der Waals surface area contributed by atoms with Gasteiger partial charge in [-0.05, 0) is 51.9 Å². The highest BCUT2D eigenvalue weighted by atomic mass is 79.9. The predicted octanol–water partition coefficient (Wildman–Crippen LogP) is 3.39. The first-order valence-electron chi connectivity index (χ1n) is 5.52. The van der Waals surface area contributed by atoms with Crippen LogP contribution in [0.15, 0.2) is 29.0 Å². The van der Waals surface area contributed by atoms with E-state index < -0.39 is 0 Å². The van der Waals surface area contributed by atoms with Crippen LogP contribution in [0.25, 0.3) is 5.52 Å². The highest BCUT2D eigenvalue weighted by molar-refractivity contribution is 9.10. The monoisotopic (exact) mass is 296 g/mol. The van der Waals surface area contributed by atoms with Gasteiger partial charge in [0, 0.05) is 17.1 Å². The zero-order valence-corrected chi connectivity index (χ0v) is 11.3. The third kappa shape index (κ3) is 2.00. The zero-order chi connectivity index (χ0) is 11.0. The van der Waals surface area contributed by atoms with Crippen molar-refractivity contribution in [1.29, 1.82) is 0 Å². The van der Waals surface area contributed by atoms with Crippen molar-refractivity contribution in [2.75, 3.05) is 11.5 Å². The van der Waals surface area contributed by atoms with Crippen LogP contribution >= 0.6 is 27.7 Å². The molecule has 3 heterocycles. The maximum Gasteiger partial charge on any atom is 0.113 e. The predicted molar refractivity (Wildman–Crippen MR) is 72.0 cm³/mol. The Kier molecular flexibility index (Phi) is 2.94. The molecule has 0 radical (unpaired) electrons. The van der Waals surface area contributed by atoms with Crippen LogP contribution in [-0.4, -0.2) is 20.9 Å². The van der Waals surface area contributed by atoms with E-state index in [4.69, 9.17) is 0 Å². The summed E-state index contributed by atoms with van der Waals surface area (Å²) in [6.45, 7) is 0. The van der Waals surface area contributed by atoms with Crippen molar-refractivity contribution in [2.45, 2.75) is 12.8 Å². The van der Waals surface area contributed by atoms with Gasteiger partial charge in [-0.25, -0.2) is 4.98 Å². The largest absolute Gasteiger partial charge is 0.303 e. The summed E-state index contributed by atoms with van der Waals surface area (Å²) in [5.74, 6) is 4.62. The molecule has 0 aromatic carbocycles. The Morgan fingerprint density at radius 3 is 3.25 bits per heavy atom. The fraction of sp³-hybridized carbons (Fsp3) is 0.417. The summed E-state index contributed by atoms with van der Waals surface area (Å²) in [6, 6.07) is 4.16. The van der Waals surface area contributed by atoms with Gasteiger partial charge in [-0.3, -0.25) is 0 Å². The molecule has 0 N–H and O–H groups in total. The Bertz CT molecular complexity index is 503. The summed E-state index contributed by atoms with van der Waals surface area (Å²) in [4.78, 5) is 4.53. The van der Waals surface area contributed by atoms with E-state index in [1.807, 2.05) is 6.20 Å². The lowest BCUT2D eigenvalue weighted by Crippen LogP contribution is -2.06. The van der Waals surface area contributed by atoms with Gasteiger partial charge >= 0.3 is 0 Å². The van der Waals surface area contributed by atoms with Crippen molar-refractivity contribution in [3.63, 3.8) is 0 Å². The lowest BCUT2D eigenvalue weighted by Gasteiger charge is -2.07. The molecule has 0 spiro atoms. The lowest BCUT2D eigenvalue weighted by atomic mass is 10.1. The molecule has 2 aromatic heterocycles. The molecular weight excluding hydrogens is 284 g/mol. The minimum atomic E-state index is 0.814. The highest BCUT2D eigenvalue weighted by Crippen LogP contribution is 2.26. The van der Waals surface area contributed by atoms with Gasteiger partial charge in [0.05, 0.1) is 11.7 Å². The molecule has 1 aliphatic heterocycles. The first-order chi connectivity index (χ1) is 7.83. The maximum atomic E-state index is 4.53. The van der Waals surface area contributed by atoms with E-state index in [1.165, 1.54) is 29.3 Å². The third-order valence-electron chi connectivity index (χ3n) is 3.06. The molecule has 1 fully saturated rings. The van der Waals surface area contributed by atoms with E-state index in [0.29, 0.717) is 0 Å². The van der Waals surface area contributed by atoms with Gasteiger partial charge in [0.15, 0.2) is 0 Å². The van der Waals surface area contributed by atoms with Crippen molar-refractivity contribution in [1.82, 2.24) is 9.38 Å². The molecule has 0 amide bonds. The Morgan fingerprint density at radius 2 is 2.44 bits per heavy atom. The van der Waals surface area contributed by atoms with E-state index in [-0.39, 0.29) is 0 Å². The van der Waals surface area contributed by atoms with Crippen LogP contribution in [0.4, 0.5) is 0 Å². The highest BCUT2D eigenvalue weighted by Gasteiger charge is 2.18. The van der Waals surface area contributed by atoms with E-state index in [9.17, 15) is 0 Å². The number of thioether (sulfide) groups is 1. The second-order valence-corrected chi connectivity index (χ2v) is 6.32. The molecule has 2 nitrogen and oxygen atoms in total. The topological polar surface area (TPSA) is 17.3 Å². The molecule has 1 aliphatic rings. The minimum absolute atomic E-state index is 0.814. The van der Waals surface area contributed by atoms with E-state index in [0.717, 1.165) is 16.8 Å². The molecule has 16 heavy (non-hydrogen) atoms. The van der Waals surface area contributed by atoms with E-state index in [2.05, 4.69) is 55.4 Å². The fourth-order valence-electron chi connectivity index (χ4n) is 2.17. The molecule has 0 bridgehead atoms. The second kappa shape index (κ2) is 4.41. The van der Waals surface area contributed by atoms with Crippen molar-refractivity contribution < 1.29 is 0 Å². The average molecular weight is 297 g/mol. The van der Waals surface area contributed by atoms with Gasteiger partial charge in [-0.2, -0.15) is 11.8 Å². The summed E-state index contributed by atoms with van der Waals surface area (Å²) in [5, 5.41) is 0. The number of nitrogens with zero attached hydrogens (tertiary/aromatic N) is 2. The van der Waals surface area contributed by atoms with Crippen LogP contribution in [0.2, 0.25) is 0 Å². The SMILES string of the molecule is Brc1ccc2cnc(CC3CCSC3)n2c1. The summed E-state index contributed by atoms with van der Waals surface area (Å²) in [5.41, 5.74) is 1.18. The quantitative estimate of drug-likeness (QED) is 0.845. The van der Waals surface area contributed by atoms with Crippen LogP contribution in [-0.2, 0) is 6.42 Å². The maximum absolute atomic E-state index is 4.53. The normalized spacial score (nSPS) is 20.7. The van der Waals surface area contributed by atoms with Crippen LogP contribution in [0.1, 0.15) is 12.2 Å². The molecule has 3 rings (SSSR count). The first kappa shape index (κ1) is 10.7. The average Bonchev–Trinajstić information content (AvgIpc) is 2.90. The minimum Gasteiger partial charge on any atom is -0.303 e. The van der Waals surface area contributed by atoms with E-state index >= 15 is 0 Å². The van der Waals surface area contributed by atoms with Crippen molar-refractivity contribution in [2.24, 2.45) is 5.92 Å². The van der Waals surface area contributed by atoms with Gasteiger partial charge in [-0.1, -0.05) is 0 Å². The summed E-state index contributed by atoms with van der Waals surface area (Å²) in [6.07, 6.45) is 6.52. The number of fused-ring (bicyclic) bond motifs is 1. The molecule has 84 valence electrons. The molecule has 2 aromatic rings. The van der Waals surface area contributed by atoms with Crippen LogP contribution < -0.4 is 0 Å². The van der Waals surface area contributed by atoms with Gasteiger partial charge in [0.25, 0.3) is 0 Å². The van der Waals surface area contributed by atoms with Crippen molar-refractivity contribution in [3.05, 3.63) is 34.8 Å². The number of imidazole rings is 1. The molecule has 4 heteroatoms. The number of hydrogen-bond acceptors (Lipinski definition) is 2. The fourth-order valence-corrected chi connectivity index (χ4v) is 3.79. The summed E-state index contributed by atoms with van der Waals surface area (Å²) in [7, 11) is 0. The molecular formula is C12H13BrN2S. The number of halogens is 1. The van der Waals surface area contributed by atoms with Crippen molar-refractivity contribution >= 4 is 33.2 Å².